The molecule has 1 unspecified atom stereocenters. The highest BCUT2D eigenvalue weighted by Crippen LogP contribution is 2.27. The molecule has 0 bridgehead atoms. The van der Waals surface area contributed by atoms with E-state index < -0.39 is 15.3 Å². The van der Waals surface area contributed by atoms with Crippen LogP contribution < -0.4 is 10.5 Å². The summed E-state index contributed by atoms with van der Waals surface area (Å²) in [6.45, 7) is 3.77. The molecule has 2 aromatic carbocycles. The number of nitrogens with two attached hydrogens (primary N) is 1. The number of thioether (sulfide) groups is 1. The fourth-order valence-electron chi connectivity index (χ4n) is 2.66. The van der Waals surface area contributed by atoms with Crippen molar-refractivity contribution in [1.29, 1.82) is 0 Å². The minimum absolute atomic E-state index is 0.0132. The van der Waals surface area contributed by atoms with Crippen LogP contribution in [0.3, 0.4) is 0 Å². The lowest BCUT2D eigenvalue weighted by molar-refractivity contribution is -0.115. The highest BCUT2D eigenvalue weighted by atomic mass is 32.2. The molecule has 1 heterocycles. The van der Waals surface area contributed by atoms with E-state index >= 15 is 0 Å². The van der Waals surface area contributed by atoms with E-state index in [-0.39, 0.29) is 10.8 Å². The number of benzene rings is 2. The van der Waals surface area contributed by atoms with Crippen molar-refractivity contribution >= 4 is 33.4 Å². The van der Waals surface area contributed by atoms with Crippen LogP contribution in [0.4, 0.5) is 5.69 Å². The quantitative estimate of drug-likeness (QED) is 0.579. The fraction of sp³-hybridized carbons (Fsp3) is 0.211. The maximum absolute atomic E-state index is 12.5. The minimum Gasteiger partial charge on any atom is -0.325 e. The van der Waals surface area contributed by atoms with Gasteiger partial charge in [0.25, 0.3) is 0 Å². The van der Waals surface area contributed by atoms with E-state index in [1.807, 2.05) is 42.8 Å². The SMILES string of the molecule is Cc1ccccc1-c1nnc(SC(C)C(=O)Nc2ccc(S(N)(=O)=O)cc2)n1C. The van der Waals surface area contributed by atoms with Crippen molar-refractivity contribution in [3.05, 3.63) is 54.1 Å². The van der Waals surface area contributed by atoms with E-state index in [0.717, 1.165) is 17.0 Å². The third-order valence-corrected chi connectivity index (χ3v) is 6.39. The summed E-state index contributed by atoms with van der Waals surface area (Å²) < 4.78 is 24.5. The van der Waals surface area contributed by atoms with Gasteiger partial charge in [-0.05, 0) is 43.7 Å². The molecule has 0 aliphatic carbocycles. The number of carbonyl (C=O) groups excluding carboxylic acids is 1. The zero-order chi connectivity index (χ0) is 21.2. The van der Waals surface area contributed by atoms with Gasteiger partial charge >= 0.3 is 0 Å². The number of hydrogen-bond donors (Lipinski definition) is 2. The van der Waals surface area contributed by atoms with Crippen molar-refractivity contribution in [3.63, 3.8) is 0 Å². The van der Waals surface area contributed by atoms with Gasteiger partial charge < -0.3 is 9.88 Å². The Morgan fingerprint density at radius 2 is 1.79 bits per heavy atom. The Hall–Kier alpha value is -2.69. The molecule has 3 aromatic rings. The molecular formula is C19H21N5O3S2. The first-order valence-corrected chi connectivity index (χ1v) is 11.1. The van der Waals surface area contributed by atoms with Crippen LogP contribution in [0, 0.1) is 6.92 Å². The highest BCUT2D eigenvalue weighted by molar-refractivity contribution is 8.00. The second kappa shape index (κ2) is 8.36. The van der Waals surface area contributed by atoms with E-state index in [1.165, 1.54) is 36.0 Å². The lowest BCUT2D eigenvalue weighted by Crippen LogP contribution is -2.23. The Bertz CT molecular complexity index is 1140. The fourth-order valence-corrected chi connectivity index (χ4v) is 3.99. The Morgan fingerprint density at radius 1 is 1.14 bits per heavy atom. The second-order valence-corrected chi connectivity index (χ2v) is 9.37. The van der Waals surface area contributed by atoms with Gasteiger partial charge in [-0.15, -0.1) is 10.2 Å². The molecule has 3 rings (SSSR count). The Labute approximate surface area is 173 Å². The van der Waals surface area contributed by atoms with Crippen LogP contribution in [0.2, 0.25) is 0 Å². The van der Waals surface area contributed by atoms with Crippen LogP contribution in [0.5, 0.6) is 0 Å². The molecule has 0 saturated heterocycles. The van der Waals surface area contributed by atoms with Gasteiger partial charge in [0.2, 0.25) is 15.9 Å². The van der Waals surface area contributed by atoms with E-state index in [1.54, 1.807) is 6.92 Å². The number of aryl methyl sites for hydroxylation is 1. The van der Waals surface area contributed by atoms with E-state index in [9.17, 15) is 13.2 Å². The number of carbonyl (C=O) groups is 1. The van der Waals surface area contributed by atoms with Gasteiger partial charge in [0.15, 0.2) is 11.0 Å². The first kappa shape index (κ1) is 21.0. The molecule has 1 atom stereocenters. The zero-order valence-corrected chi connectivity index (χ0v) is 17.8. The molecule has 0 spiro atoms. The summed E-state index contributed by atoms with van der Waals surface area (Å²) >= 11 is 1.29. The molecule has 10 heteroatoms. The van der Waals surface area contributed by atoms with E-state index in [2.05, 4.69) is 15.5 Å². The summed E-state index contributed by atoms with van der Waals surface area (Å²) in [7, 11) is -1.91. The molecule has 0 radical (unpaired) electrons. The monoisotopic (exact) mass is 431 g/mol. The minimum atomic E-state index is -3.77. The molecule has 0 saturated carbocycles. The summed E-state index contributed by atoms with van der Waals surface area (Å²) in [6.07, 6.45) is 0. The topological polar surface area (TPSA) is 120 Å². The summed E-state index contributed by atoms with van der Waals surface area (Å²) in [5.41, 5.74) is 2.56. The van der Waals surface area contributed by atoms with Crippen LogP contribution in [0.15, 0.2) is 58.6 Å². The van der Waals surface area contributed by atoms with Crippen LogP contribution in [-0.4, -0.2) is 34.3 Å². The second-order valence-electron chi connectivity index (χ2n) is 6.50. The number of aromatic nitrogens is 3. The molecule has 29 heavy (non-hydrogen) atoms. The third-order valence-electron chi connectivity index (χ3n) is 4.32. The van der Waals surface area contributed by atoms with Crippen molar-refractivity contribution in [2.75, 3.05) is 5.32 Å². The van der Waals surface area contributed by atoms with Gasteiger partial charge in [-0.25, -0.2) is 13.6 Å². The lowest BCUT2D eigenvalue weighted by atomic mass is 10.1. The predicted molar refractivity (Wildman–Crippen MR) is 113 cm³/mol. The molecule has 152 valence electrons. The van der Waals surface area contributed by atoms with Gasteiger partial charge in [-0.3, -0.25) is 4.79 Å². The number of amides is 1. The number of anilines is 1. The molecule has 1 amide bonds. The molecule has 0 aliphatic rings. The summed E-state index contributed by atoms with van der Waals surface area (Å²) in [4.78, 5) is 12.5. The molecule has 1 aromatic heterocycles. The van der Waals surface area contributed by atoms with E-state index in [0.29, 0.717) is 10.8 Å². The summed E-state index contributed by atoms with van der Waals surface area (Å²) in [5, 5.41) is 16.5. The highest BCUT2D eigenvalue weighted by Gasteiger charge is 2.20. The average molecular weight is 432 g/mol. The maximum atomic E-state index is 12.5. The van der Waals surface area contributed by atoms with Crippen molar-refractivity contribution in [2.45, 2.75) is 29.1 Å². The maximum Gasteiger partial charge on any atom is 0.238 e. The van der Waals surface area contributed by atoms with E-state index in [4.69, 9.17) is 5.14 Å². The van der Waals surface area contributed by atoms with Gasteiger partial charge in [-0.2, -0.15) is 0 Å². The molecule has 0 aliphatic heterocycles. The number of rotatable bonds is 6. The Kier molecular flexibility index (Phi) is 6.06. The third kappa shape index (κ3) is 4.84. The molecule has 3 N–H and O–H groups in total. The number of sulfonamides is 1. The largest absolute Gasteiger partial charge is 0.325 e. The molecular weight excluding hydrogens is 410 g/mol. The first-order valence-electron chi connectivity index (χ1n) is 8.72. The molecule has 8 nitrogen and oxygen atoms in total. The normalized spacial score (nSPS) is 12.6. The average Bonchev–Trinajstić information content (AvgIpc) is 3.02. The van der Waals surface area contributed by atoms with Crippen molar-refractivity contribution in [1.82, 2.24) is 14.8 Å². The van der Waals surface area contributed by atoms with Crippen molar-refractivity contribution < 1.29 is 13.2 Å². The number of nitrogens with one attached hydrogen (secondary N) is 1. The van der Waals surface area contributed by atoms with Crippen LogP contribution in [-0.2, 0) is 21.9 Å². The van der Waals surface area contributed by atoms with Crippen molar-refractivity contribution in [3.8, 4) is 11.4 Å². The predicted octanol–water partition coefficient (Wildman–Crippen LogP) is 2.56. The first-order chi connectivity index (χ1) is 13.7. The van der Waals surface area contributed by atoms with Crippen LogP contribution in [0.1, 0.15) is 12.5 Å². The van der Waals surface area contributed by atoms with Crippen LogP contribution in [0.25, 0.3) is 11.4 Å². The van der Waals surface area contributed by atoms with Gasteiger partial charge in [0.1, 0.15) is 0 Å². The smallest absolute Gasteiger partial charge is 0.238 e. The Morgan fingerprint density at radius 3 is 2.41 bits per heavy atom. The number of nitrogens with zero attached hydrogens (tertiary/aromatic N) is 3. The van der Waals surface area contributed by atoms with Crippen molar-refractivity contribution in [2.24, 2.45) is 12.2 Å². The number of primary sulfonamides is 1. The van der Waals surface area contributed by atoms with Gasteiger partial charge in [0, 0.05) is 18.3 Å². The lowest BCUT2D eigenvalue weighted by Gasteiger charge is -2.12. The molecule has 0 fully saturated rings. The zero-order valence-electron chi connectivity index (χ0n) is 16.2. The Balaban J connectivity index is 1.70. The standard InChI is InChI=1S/C19H21N5O3S2/c1-12-6-4-5-7-16(12)17-22-23-19(24(17)3)28-13(2)18(25)21-14-8-10-15(11-9-14)29(20,26)27/h4-11,13H,1-3H3,(H,21,25)(H2,20,26,27). The summed E-state index contributed by atoms with van der Waals surface area (Å²) in [5.74, 6) is 0.496. The summed E-state index contributed by atoms with van der Waals surface area (Å²) in [6, 6.07) is 13.6. The number of hydrogen-bond acceptors (Lipinski definition) is 6. The van der Waals surface area contributed by atoms with Crippen LogP contribution >= 0.6 is 11.8 Å². The van der Waals surface area contributed by atoms with Gasteiger partial charge in [0.05, 0.1) is 10.1 Å². The van der Waals surface area contributed by atoms with Gasteiger partial charge in [-0.1, -0.05) is 36.0 Å².